The minimum Gasteiger partial charge on any atom is -0.361 e. The highest BCUT2D eigenvalue weighted by Crippen LogP contribution is 2.21. The first-order valence-electron chi connectivity index (χ1n) is 7.65. The topological polar surface area (TPSA) is 24.4 Å². The lowest BCUT2D eigenvalue weighted by atomic mass is 9.87. The maximum absolute atomic E-state index is 4.52. The molecule has 0 aliphatic heterocycles. The van der Waals surface area contributed by atoms with Crippen molar-refractivity contribution in [2.24, 2.45) is 4.99 Å². The zero-order chi connectivity index (χ0) is 16.0. The Hall–Kier alpha value is -1.75. The summed E-state index contributed by atoms with van der Waals surface area (Å²) in [5, 5.41) is 3.29. The van der Waals surface area contributed by atoms with Gasteiger partial charge in [0.1, 0.15) is 0 Å². The van der Waals surface area contributed by atoms with Crippen LogP contribution in [0.1, 0.15) is 59.6 Å². The molecule has 21 heavy (non-hydrogen) atoms. The molecular weight excluding hydrogens is 256 g/mol. The maximum atomic E-state index is 4.52. The van der Waals surface area contributed by atoms with E-state index in [-0.39, 0.29) is 11.5 Å². The Morgan fingerprint density at radius 3 is 2.05 bits per heavy atom. The van der Waals surface area contributed by atoms with Gasteiger partial charge in [0.05, 0.1) is 0 Å². The van der Waals surface area contributed by atoms with Gasteiger partial charge < -0.3 is 5.32 Å². The second-order valence-corrected chi connectivity index (χ2v) is 6.95. The lowest BCUT2D eigenvalue weighted by Gasteiger charge is -2.18. The van der Waals surface area contributed by atoms with Crippen LogP contribution in [0.2, 0.25) is 0 Å². The van der Waals surface area contributed by atoms with Gasteiger partial charge in [0.2, 0.25) is 0 Å². The third-order valence-electron chi connectivity index (χ3n) is 2.89. The number of hydrogen-bond acceptors (Lipinski definition) is 1. The van der Waals surface area contributed by atoms with Gasteiger partial charge in [-0.05, 0) is 56.7 Å². The maximum Gasteiger partial charge on any atom is 0.174 e. The van der Waals surface area contributed by atoms with Crippen LogP contribution in [0.15, 0.2) is 29.3 Å². The Balaban J connectivity index is 2.93. The first kappa shape index (κ1) is 17.3. The monoisotopic (exact) mass is 284 g/mol. The van der Waals surface area contributed by atoms with E-state index >= 15 is 0 Å². The molecule has 0 aliphatic rings. The summed E-state index contributed by atoms with van der Waals surface area (Å²) in [6, 6.07) is 9.04. The van der Waals surface area contributed by atoms with Crippen molar-refractivity contribution in [3.05, 3.63) is 35.4 Å². The third kappa shape index (κ3) is 6.49. The molecule has 0 radical (unpaired) electrons. The van der Waals surface area contributed by atoms with Crippen LogP contribution >= 0.6 is 0 Å². The lowest BCUT2D eigenvalue weighted by Crippen LogP contribution is -2.30. The van der Waals surface area contributed by atoms with Crippen LogP contribution in [-0.2, 0) is 5.41 Å². The van der Waals surface area contributed by atoms with Crippen molar-refractivity contribution in [2.75, 3.05) is 0 Å². The average molecular weight is 284 g/mol. The second kappa shape index (κ2) is 7.31. The average Bonchev–Trinajstić information content (AvgIpc) is 2.34. The molecule has 0 atom stereocenters. The van der Waals surface area contributed by atoms with Gasteiger partial charge in [-0.1, -0.05) is 38.8 Å². The molecule has 0 bridgehead atoms. The van der Waals surface area contributed by atoms with Crippen LogP contribution in [0, 0.1) is 11.8 Å². The molecule has 1 N–H and O–H groups in total. The Labute approximate surface area is 130 Å². The molecule has 2 nitrogen and oxygen atoms in total. The van der Waals surface area contributed by atoms with Crippen LogP contribution in [0.4, 0.5) is 0 Å². The SMILES string of the molecule is CC(C)N=C(C#Cc1ccc(C(C)(C)C)cc1)NC(C)C. The molecule has 0 fully saturated rings. The summed E-state index contributed by atoms with van der Waals surface area (Å²) < 4.78 is 0. The van der Waals surface area contributed by atoms with Crippen LogP contribution < -0.4 is 5.32 Å². The Morgan fingerprint density at radius 2 is 1.62 bits per heavy atom. The highest BCUT2D eigenvalue weighted by atomic mass is 15.0. The Bertz CT molecular complexity index is 532. The van der Waals surface area contributed by atoms with Gasteiger partial charge in [-0.2, -0.15) is 0 Å². The molecule has 1 aromatic carbocycles. The fourth-order valence-corrected chi connectivity index (χ4v) is 1.82. The van der Waals surface area contributed by atoms with E-state index in [1.165, 1.54) is 5.56 Å². The van der Waals surface area contributed by atoms with E-state index in [9.17, 15) is 0 Å². The van der Waals surface area contributed by atoms with Crippen molar-refractivity contribution in [3.63, 3.8) is 0 Å². The predicted molar refractivity (Wildman–Crippen MR) is 92.9 cm³/mol. The van der Waals surface area contributed by atoms with Gasteiger partial charge in [-0.3, -0.25) is 4.99 Å². The van der Waals surface area contributed by atoms with Crippen molar-refractivity contribution in [1.29, 1.82) is 0 Å². The highest BCUT2D eigenvalue weighted by Gasteiger charge is 2.12. The molecule has 0 saturated carbocycles. The molecule has 0 aromatic heterocycles. The van der Waals surface area contributed by atoms with E-state index in [4.69, 9.17) is 0 Å². The molecule has 2 heteroatoms. The zero-order valence-corrected chi connectivity index (χ0v) is 14.4. The van der Waals surface area contributed by atoms with Crippen molar-refractivity contribution >= 4 is 5.84 Å². The van der Waals surface area contributed by atoms with Crippen LogP contribution in [-0.4, -0.2) is 17.9 Å². The fraction of sp³-hybridized carbons (Fsp3) is 0.526. The van der Waals surface area contributed by atoms with Gasteiger partial charge in [0.25, 0.3) is 0 Å². The smallest absolute Gasteiger partial charge is 0.174 e. The van der Waals surface area contributed by atoms with E-state index in [2.05, 4.69) is 94.9 Å². The molecule has 0 aliphatic carbocycles. The quantitative estimate of drug-likeness (QED) is 0.492. The van der Waals surface area contributed by atoms with Gasteiger partial charge in [0, 0.05) is 17.6 Å². The third-order valence-corrected chi connectivity index (χ3v) is 2.89. The van der Waals surface area contributed by atoms with Crippen molar-refractivity contribution in [3.8, 4) is 11.8 Å². The van der Waals surface area contributed by atoms with E-state index in [0.29, 0.717) is 6.04 Å². The highest BCUT2D eigenvalue weighted by molar-refractivity contribution is 5.99. The van der Waals surface area contributed by atoms with Crippen LogP contribution in [0.25, 0.3) is 0 Å². The van der Waals surface area contributed by atoms with Gasteiger partial charge in [0.15, 0.2) is 5.84 Å². The summed E-state index contributed by atoms with van der Waals surface area (Å²) in [6.07, 6.45) is 0. The fourth-order valence-electron chi connectivity index (χ4n) is 1.82. The van der Waals surface area contributed by atoms with Crippen molar-refractivity contribution < 1.29 is 0 Å². The number of hydrogen-bond donors (Lipinski definition) is 1. The molecule has 0 unspecified atom stereocenters. The van der Waals surface area contributed by atoms with Gasteiger partial charge >= 0.3 is 0 Å². The number of nitrogens with one attached hydrogen (secondary N) is 1. The largest absolute Gasteiger partial charge is 0.361 e. The summed E-state index contributed by atoms with van der Waals surface area (Å²) in [5.41, 5.74) is 2.52. The molecule has 0 spiro atoms. The summed E-state index contributed by atoms with van der Waals surface area (Å²) in [6.45, 7) is 14.9. The van der Waals surface area contributed by atoms with E-state index in [0.717, 1.165) is 11.4 Å². The number of rotatable bonds is 2. The van der Waals surface area contributed by atoms with E-state index < -0.39 is 0 Å². The van der Waals surface area contributed by atoms with Crippen molar-refractivity contribution in [1.82, 2.24) is 5.32 Å². The first-order valence-corrected chi connectivity index (χ1v) is 7.65. The molecule has 1 aromatic rings. The zero-order valence-electron chi connectivity index (χ0n) is 14.4. The predicted octanol–water partition coefficient (Wildman–Crippen LogP) is 4.14. The van der Waals surface area contributed by atoms with E-state index in [1.807, 2.05) is 0 Å². The molecule has 0 saturated heterocycles. The van der Waals surface area contributed by atoms with Crippen LogP contribution in [0.5, 0.6) is 0 Å². The van der Waals surface area contributed by atoms with Crippen molar-refractivity contribution in [2.45, 2.75) is 66.0 Å². The lowest BCUT2D eigenvalue weighted by molar-refractivity contribution is 0.590. The van der Waals surface area contributed by atoms with E-state index in [1.54, 1.807) is 0 Å². The minimum absolute atomic E-state index is 0.176. The molecule has 0 heterocycles. The number of amidine groups is 1. The normalized spacial score (nSPS) is 12.3. The number of aliphatic imine (C=N–C) groups is 1. The Morgan fingerprint density at radius 1 is 1.05 bits per heavy atom. The summed E-state index contributed by atoms with van der Waals surface area (Å²) in [5.74, 6) is 7.10. The van der Waals surface area contributed by atoms with Gasteiger partial charge in [-0.25, -0.2) is 0 Å². The van der Waals surface area contributed by atoms with Gasteiger partial charge in [-0.15, -0.1) is 0 Å². The molecular formula is C19H28N2. The molecule has 114 valence electrons. The number of benzene rings is 1. The first-order chi connectivity index (χ1) is 9.68. The summed E-state index contributed by atoms with van der Waals surface area (Å²) in [4.78, 5) is 4.52. The summed E-state index contributed by atoms with van der Waals surface area (Å²) >= 11 is 0. The Kier molecular flexibility index (Phi) is 6.03. The molecule has 0 amide bonds. The van der Waals surface area contributed by atoms with Crippen LogP contribution in [0.3, 0.4) is 0 Å². The standard InChI is InChI=1S/C19H28N2/c1-14(2)20-18(21-15(3)4)13-10-16-8-11-17(12-9-16)19(5,6)7/h8-9,11-12,14-15H,1-7H3,(H,20,21). The second-order valence-electron chi connectivity index (χ2n) is 6.95. The molecule has 1 rings (SSSR count). The minimum atomic E-state index is 0.176. The number of nitrogens with zero attached hydrogens (tertiary/aromatic N) is 1. The summed E-state index contributed by atoms with van der Waals surface area (Å²) in [7, 11) is 0.